The summed E-state index contributed by atoms with van der Waals surface area (Å²) in [5, 5.41) is 0. The molecule has 1 aromatic carbocycles. The first kappa shape index (κ1) is 14.3. The summed E-state index contributed by atoms with van der Waals surface area (Å²) in [4.78, 5) is 2.29. The number of halogens is 1. The number of nitrogens with two attached hydrogens (primary N) is 1. The molecular weight excluding hydrogens is 243 g/mol. The van der Waals surface area contributed by atoms with Gasteiger partial charge in [0.1, 0.15) is 5.82 Å². The zero-order chi connectivity index (χ0) is 13.8. The van der Waals surface area contributed by atoms with E-state index in [1.165, 1.54) is 6.07 Å². The average molecular weight is 266 g/mol. The Hall–Kier alpha value is -1.13. The summed E-state index contributed by atoms with van der Waals surface area (Å²) in [6, 6.07) is 5.41. The third-order valence-corrected chi connectivity index (χ3v) is 3.73. The van der Waals surface area contributed by atoms with Crippen LogP contribution in [0.15, 0.2) is 18.2 Å². The Morgan fingerprint density at radius 1 is 1.53 bits per heavy atom. The van der Waals surface area contributed by atoms with Crippen molar-refractivity contribution in [3.05, 3.63) is 29.6 Å². The molecule has 0 radical (unpaired) electrons. The Kier molecular flexibility index (Phi) is 4.77. The molecule has 19 heavy (non-hydrogen) atoms. The van der Waals surface area contributed by atoms with E-state index in [9.17, 15) is 4.39 Å². The molecule has 2 unspecified atom stereocenters. The maximum atomic E-state index is 13.5. The van der Waals surface area contributed by atoms with Crippen LogP contribution < -0.4 is 10.6 Å². The number of morpholine rings is 1. The normalized spacial score (nSPS) is 21.5. The number of benzene rings is 1. The molecule has 1 saturated heterocycles. The van der Waals surface area contributed by atoms with Crippen LogP contribution in [0.2, 0.25) is 0 Å². The standard InChI is InChI=1S/C15H23FN2O/c1-3-14(17)9-12-8-13(16)4-5-15(12)18-6-7-19-10-11(18)2/h4-5,8,11,14H,3,6-7,9-10,17H2,1-2H3. The smallest absolute Gasteiger partial charge is 0.123 e. The van der Waals surface area contributed by atoms with Crippen molar-refractivity contribution < 1.29 is 9.13 Å². The Bertz CT molecular complexity index is 425. The number of hydrogen-bond donors (Lipinski definition) is 1. The average Bonchev–Trinajstić information content (AvgIpc) is 2.40. The summed E-state index contributed by atoms with van der Waals surface area (Å²) in [5.74, 6) is -0.192. The monoisotopic (exact) mass is 266 g/mol. The molecule has 1 aromatic rings. The molecular formula is C15H23FN2O. The fourth-order valence-electron chi connectivity index (χ4n) is 2.51. The van der Waals surface area contributed by atoms with E-state index in [0.29, 0.717) is 12.5 Å². The van der Waals surface area contributed by atoms with E-state index in [0.717, 1.165) is 37.4 Å². The molecule has 0 bridgehead atoms. The minimum absolute atomic E-state index is 0.0805. The first-order valence-electron chi connectivity index (χ1n) is 7.00. The van der Waals surface area contributed by atoms with Gasteiger partial charge in [-0.25, -0.2) is 4.39 Å². The lowest BCUT2D eigenvalue weighted by atomic mass is 10.0. The zero-order valence-corrected chi connectivity index (χ0v) is 11.7. The molecule has 1 fully saturated rings. The van der Waals surface area contributed by atoms with Gasteiger partial charge >= 0.3 is 0 Å². The van der Waals surface area contributed by atoms with Crippen molar-refractivity contribution in [2.45, 2.75) is 38.8 Å². The summed E-state index contributed by atoms with van der Waals surface area (Å²) in [7, 11) is 0. The topological polar surface area (TPSA) is 38.5 Å². The summed E-state index contributed by atoms with van der Waals surface area (Å²) in [6.45, 7) is 6.48. The van der Waals surface area contributed by atoms with Gasteiger partial charge in [-0.05, 0) is 43.5 Å². The predicted octanol–water partition coefficient (Wildman–Crippen LogP) is 2.33. The molecule has 4 heteroatoms. The summed E-state index contributed by atoms with van der Waals surface area (Å²) < 4.78 is 18.9. The van der Waals surface area contributed by atoms with Gasteiger partial charge in [0.05, 0.1) is 13.2 Å². The Labute approximate surface area is 114 Å². The van der Waals surface area contributed by atoms with Crippen molar-refractivity contribution in [1.29, 1.82) is 0 Å². The van der Waals surface area contributed by atoms with Crippen LogP contribution in [-0.4, -0.2) is 31.8 Å². The molecule has 0 spiro atoms. The SMILES string of the molecule is CCC(N)Cc1cc(F)ccc1N1CCOCC1C. The van der Waals surface area contributed by atoms with Crippen LogP contribution in [0.4, 0.5) is 10.1 Å². The van der Waals surface area contributed by atoms with Crippen molar-refractivity contribution in [3.8, 4) is 0 Å². The van der Waals surface area contributed by atoms with Gasteiger partial charge < -0.3 is 15.4 Å². The van der Waals surface area contributed by atoms with Crippen LogP contribution in [0.1, 0.15) is 25.8 Å². The highest BCUT2D eigenvalue weighted by Crippen LogP contribution is 2.26. The second kappa shape index (κ2) is 6.35. The highest BCUT2D eigenvalue weighted by Gasteiger charge is 2.22. The molecule has 1 heterocycles. The van der Waals surface area contributed by atoms with Crippen LogP contribution in [0.5, 0.6) is 0 Å². The third kappa shape index (κ3) is 3.45. The van der Waals surface area contributed by atoms with E-state index in [-0.39, 0.29) is 11.9 Å². The molecule has 1 aliphatic rings. The molecule has 0 saturated carbocycles. The Balaban J connectivity index is 2.27. The van der Waals surface area contributed by atoms with E-state index >= 15 is 0 Å². The molecule has 1 aliphatic heterocycles. The van der Waals surface area contributed by atoms with Crippen molar-refractivity contribution in [1.82, 2.24) is 0 Å². The van der Waals surface area contributed by atoms with Crippen molar-refractivity contribution in [2.75, 3.05) is 24.7 Å². The molecule has 3 nitrogen and oxygen atoms in total. The third-order valence-electron chi connectivity index (χ3n) is 3.73. The van der Waals surface area contributed by atoms with E-state index in [4.69, 9.17) is 10.5 Å². The van der Waals surface area contributed by atoms with Crippen molar-refractivity contribution in [3.63, 3.8) is 0 Å². The number of nitrogens with zero attached hydrogens (tertiary/aromatic N) is 1. The molecule has 2 rings (SSSR count). The maximum Gasteiger partial charge on any atom is 0.123 e. The largest absolute Gasteiger partial charge is 0.377 e. The van der Waals surface area contributed by atoms with Crippen molar-refractivity contribution >= 4 is 5.69 Å². The van der Waals surface area contributed by atoms with Crippen LogP contribution in [0, 0.1) is 5.82 Å². The fourth-order valence-corrected chi connectivity index (χ4v) is 2.51. The molecule has 0 aliphatic carbocycles. The molecule has 0 aromatic heterocycles. The number of anilines is 1. The summed E-state index contributed by atoms with van der Waals surface area (Å²) in [5.41, 5.74) is 8.12. The molecule has 2 atom stereocenters. The van der Waals surface area contributed by atoms with E-state index in [1.807, 2.05) is 6.07 Å². The molecule has 0 amide bonds. The number of hydrogen-bond acceptors (Lipinski definition) is 3. The van der Waals surface area contributed by atoms with E-state index < -0.39 is 0 Å². The lowest BCUT2D eigenvalue weighted by molar-refractivity contribution is 0.0988. The molecule has 2 N–H and O–H groups in total. The van der Waals surface area contributed by atoms with Crippen LogP contribution in [0.3, 0.4) is 0 Å². The van der Waals surface area contributed by atoms with Crippen LogP contribution in [0.25, 0.3) is 0 Å². The first-order valence-corrected chi connectivity index (χ1v) is 7.00. The first-order chi connectivity index (χ1) is 9.11. The number of ether oxygens (including phenoxy) is 1. The van der Waals surface area contributed by atoms with Gasteiger partial charge in [0, 0.05) is 24.3 Å². The highest BCUT2D eigenvalue weighted by molar-refractivity contribution is 5.55. The van der Waals surface area contributed by atoms with Gasteiger partial charge in [-0.15, -0.1) is 0 Å². The summed E-state index contributed by atoms with van der Waals surface area (Å²) in [6.07, 6.45) is 1.61. The van der Waals surface area contributed by atoms with Gasteiger partial charge in [0.2, 0.25) is 0 Å². The lowest BCUT2D eigenvalue weighted by Crippen LogP contribution is -2.44. The minimum Gasteiger partial charge on any atom is -0.377 e. The van der Waals surface area contributed by atoms with Gasteiger partial charge in [-0.3, -0.25) is 0 Å². The van der Waals surface area contributed by atoms with E-state index in [1.54, 1.807) is 6.07 Å². The number of rotatable bonds is 4. The molecule has 106 valence electrons. The van der Waals surface area contributed by atoms with Gasteiger partial charge in [-0.2, -0.15) is 0 Å². The predicted molar refractivity (Wildman–Crippen MR) is 76.0 cm³/mol. The maximum absolute atomic E-state index is 13.5. The summed E-state index contributed by atoms with van der Waals surface area (Å²) >= 11 is 0. The second-order valence-electron chi connectivity index (χ2n) is 5.26. The van der Waals surface area contributed by atoms with Gasteiger partial charge in [0.25, 0.3) is 0 Å². The zero-order valence-electron chi connectivity index (χ0n) is 11.7. The Morgan fingerprint density at radius 3 is 3.00 bits per heavy atom. The van der Waals surface area contributed by atoms with Gasteiger partial charge in [-0.1, -0.05) is 6.92 Å². The highest BCUT2D eigenvalue weighted by atomic mass is 19.1. The second-order valence-corrected chi connectivity index (χ2v) is 5.26. The van der Waals surface area contributed by atoms with Crippen LogP contribution >= 0.6 is 0 Å². The van der Waals surface area contributed by atoms with Crippen LogP contribution in [-0.2, 0) is 11.2 Å². The van der Waals surface area contributed by atoms with Gasteiger partial charge in [0.15, 0.2) is 0 Å². The lowest BCUT2D eigenvalue weighted by Gasteiger charge is -2.36. The quantitative estimate of drug-likeness (QED) is 0.909. The van der Waals surface area contributed by atoms with E-state index in [2.05, 4.69) is 18.7 Å². The Morgan fingerprint density at radius 2 is 2.32 bits per heavy atom. The fraction of sp³-hybridized carbons (Fsp3) is 0.600. The minimum atomic E-state index is -0.192. The van der Waals surface area contributed by atoms with Crippen molar-refractivity contribution in [2.24, 2.45) is 5.73 Å².